The molecular formula is C12H26N2O2S2. The number of rotatable bonds is 9. The third kappa shape index (κ3) is 5.47. The topological polar surface area (TPSA) is 58.2 Å². The molecule has 0 heterocycles. The van der Waals surface area contributed by atoms with Crippen LogP contribution in [-0.2, 0) is 10.0 Å². The normalized spacial score (nSPS) is 18.9. The van der Waals surface area contributed by atoms with Gasteiger partial charge in [0, 0.05) is 17.3 Å². The molecule has 1 rings (SSSR count). The smallest absolute Gasteiger partial charge is 0.211 e. The molecule has 0 aromatic heterocycles. The average molecular weight is 294 g/mol. The van der Waals surface area contributed by atoms with E-state index in [0.717, 1.165) is 19.4 Å². The fourth-order valence-electron chi connectivity index (χ4n) is 1.99. The average Bonchev–Trinajstić information content (AvgIpc) is 2.23. The number of thioether (sulfide) groups is 1. The summed E-state index contributed by atoms with van der Waals surface area (Å²) in [6, 6.07) is 0.412. The lowest BCUT2D eigenvalue weighted by atomic mass is 9.84. The van der Waals surface area contributed by atoms with E-state index in [1.807, 2.05) is 0 Å². The number of hydrogen-bond acceptors (Lipinski definition) is 4. The van der Waals surface area contributed by atoms with Crippen LogP contribution in [-0.4, -0.2) is 44.3 Å². The van der Waals surface area contributed by atoms with Crippen LogP contribution in [0.4, 0.5) is 0 Å². The highest BCUT2D eigenvalue weighted by molar-refractivity contribution is 8.00. The van der Waals surface area contributed by atoms with E-state index in [0.29, 0.717) is 19.0 Å². The second-order valence-corrected chi connectivity index (χ2v) is 8.54. The molecule has 1 aliphatic carbocycles. The maximum Gasteiger partial charge on any atom is 0.211 e. The Hall–Kier alpha value is 0.220. The van der Waals surface area contributed by atoms with Crippen molar-refractivity contribution >= 4 is 21.8 Å². The summed E-state index contributed by atoms with van der Waals surface area (Å²) in [5.74, 6) is 0.219. The molecule has 0 bridgehead atoms. The van der Waals surface area contributed by atoms with Crippen LogP contribution in [0.3, 0.4) is 0 Å². The van der Waals surface area contributed by atoms with Crippen molar-refractivity contribution in [1.82, 2.24) is 10.0 Å². The molecular weight excluding hydrogens is 268 g/mol. The van der Waals surface area contributed by atoms with E-state index in [2.05, 4.69) is 30.1 Å². The fourth-order valence-corrected chi connectivity index (χ4v) is 4.16. The molecule has 0 aromatic rings. The first-order valence-electron chi connectivity index (χ1n) is 6.65. The molecule has 0 unspecified atom stereocenters. The largest absolute Gasteiger partial charge is 0.314 e. The SMILES string of the molecule is CSC1(CNS(=O)(=O)CCCNC(C)C)CCC1. The molecule has 0 amide bonds. The van der Waals surface area contributed by atoms with Crippen LogP contribution >= 0.6 is 11.8 Å². The maximum atomic E-state index is 11.8. The second kappa shape index (κ2) is 7.12. The highest BCUT2D eigenvalue weighted by Gasteiger charge is 2.36. The van der Waals surface area contributed by atoms with Crippen molar-refractivity contribution in [2.45, 2.75) is 50.3 Å². The van der Waals surface area contributed by atoms with E-state index in [4.69, 9.17) is 0 Å². The summed E-state index contributed by atoms with van der Waals surface area (Å²) in [6.07, 6.45) is 6.22. The first-order valence-corrected chi connectivity index (χ1v) is 9.53. The monoisotopic (exact) mass is 294 g/mol. The Bertz CT molecular complexity index is 332. The highest BCUT2D eigenvalue weighted by Crippen LogP contribution is 2.42. The Morgan fingerprint density at radius 3 is 2.44 bits per heavy atom. The first-order chi connectivity index (χ1) is 8.39. The summed E-state index contributed by atoms with van der Waals surface area (Å²) >= 11 is 1.79. The van der Waals surface area contributed by atoms with Gasteiger partial charge in [-0.15, -0.1) is 0 Å². The van der Waals surface area contributed by atoms with E-state index in [-0.39, 0.29) is 10.5 Å². The van der Waals surface area contributed by atoms with Crippen molar-refractivity contribution in [3.8, 4) is 0 Å². The van der Waals surface area contributed by atoms with Gasteiger partial charge in [-0.2, -0.15) is 11.8 Å². The third-order valence-corrected chi connectivity index (χ3v) is 6.28. The zero-order valence-electron chi connectivity index (χ0n) is 11.7. The van der Waals surface area contributed by atoms with Gasteiger partial charge < -0.3 is 5.32 Å². The van der Waals surface area contributed by atoms with Gasteiger partial charge in [-0.05, 0) is 32.1 Å². The Kier molecular flexibility index (Phi) is 6.44. The van der Waals surface area contributed by atoms with Crippen molar-refractivity contribution in [2.24, 2.45) is 0 Å². The minimum Gasteiger partial charge on any atom is -0.314 e. The van der Waals surface area contributed by atoms with Gasteiger partial charge in [0.2, 0.25) is 10.0 Å². The Labute approximate surface area is 116 Å². The van der Waals surface area contributed by atoms with E-state index in [9.17, 15) is 8.42 Å². The summed E-state index contributed by atoms with van der Waals surface area (Å²) in [4.78, 5) is 0. The molecule has 4 nitrogen and oxygen atoms in total. The summed E-state index contributed by atoms with van der Waals surface area (Å²) in [5.41, 5.74) is 0. The van der Waals surface area contributed by atoms with Crippen molar-refractivity contribution in [1.29, 1.82) is 0 Å². The molecule has 108 valence electrons. The number of sulfonamides is 1. The van der Waals surface area contributed by atoms with E-state index < -0.39 is 10.0 Å². The van der Waals surface area contributed by atoms with Gasteiger partial charge in [0.15, 0.2) is 0 Å². The van der Waals surface area contributed by atoms with E-state index >= 15 is 0 Å². The number of nitrogens with one attached hydrogen (secondary N) is 2. The minimum absolute atomic E-state index is 0.170. The molecule has 0 aromatic carbocycles. The first kappa shape index (κ1) is 16.3. The summed E-state index contributed by atoms with van der Waals surface area (Å²) < 4.78 is 26.6. The Morgan fingerprint density at radius 1 is 1.33 bits per heavy atom. The molecule has 0 aliphatic heterocycles. The van der Waals surface area contributed by atoms with Crippen LogP contribution < -0.4 is 10.0 Å². The van der Waals surface area contributed by atoms with Crippen LogP contribution in [0.5, 0.6) is 0 Å². The molecule has 0 saturated heterocycles. The molecule has 2 N–H and O–H groups in total. The van der Waals surface area contributed by atoms with Crippen molar-refractivity contribution < 1.29 is 8.42 Å². The molecule has 18 heavy (non-hydrogen) atoms. The Balaban J connectivity index is 2.23. The van der Waals surface area contributed by atoms with Crippen LogP contribution in [0.1, 0.15) is 39.5 Å². The second-order valence-electron chi connectivity index (χ2n) is 5.34. The van der Waals surface area contributed by atoms with Crippen LogP contribution in [0, 0.1) is 0 Å². The van der Waals surface area contributed by atoms with Crippen molar-refractivity contribution in [2.75, 3.05) is 25.1 Å². The molecule has 0 radical (unpaired) electrons. The lowest BCUT2D eigenvalue weighted by Gasteiger charge is -2.40. The lowest BCUT2D eigenvalue weighted by molar-refractivity contribution is 0.361. The van der Waals surface area contributed by atoms with Crippen LogP contribution in [0.25, 0.3) is 0 Å². The van der Waals surface area contributed by atoms with E-state index in [1.54, 1.807) is 11.8 Å². The lowest BCUT2D eigenvalue weighted by Crippen LogP contribution is -2.45. The van der Waals surface area contributed by atoms with Crippen molar-refractivity contribution in [3.63, 3.8) is 0 Å². The standard InChI is InChI=1S/C12H26N2O2S2/c1-11(2)13-8-5-9-18(15,16)14-10-12(17-3)6-4-7-12/h11,13-14H,4-10H2,1-3H3. The Morgan fingerprint density at radius 2 is 2.00 bits per heavy atom. The van der Waals surface area contributed by atoms with Crippen molar-refractivity contribution in [3.05, 3.63) is 0 Å². The summed E-state index contributed by atoms with van der Waals surface area (Å²) in [5, 5.41) is 3.23. The molecule has 0 spiro atoms. The molecule has 1 aliphatic rings. The maximum absolute atomic E-state index is 11.8. The van der Waals surface area contributed by atoms with Gasteiger partial charge in [-0.25, -0.2) is 13.1 Å². The van der Waals surface area contributed by atoms with Gasteiger partial charge in [0.25, 0.3) is 0 Å². The molecule has 1 saturated carbocycles. The molecule has 6 heteroatoms. The van der Waals surface area contributed by atoms with Gasteiger partial charge in [-0.3, -0.25) is 0 Å². The summed E-state index contributed by atoms with van der Waals surface area (Å²) in [7, 11) is -3.10. The fraction of sp³-hybridized carbons (Fsp3) is 1.00. The van der Waals surface area contributed by atoms with Gasteiger partial charge >= 0.3 is 0 Å². The molecule has 0 atom stereocenters. The number of hydrogen-bond donors (Lipinski definition) is 2. The quantitative estimate of drug-likeness (QED) is 0.634. The predicted octanol–water partition coefficient (Wildman–Crippen LogP) is 1.58. The van der Waals surface area contributed by atoms with Gasteiger partial charge in [0.05, 0.1) is 5.75 Å². The highest BCUT2D eigenvalue weighted by atomic mass is 32.2. The summed E-state index contributed by atoms with van der Waals surface area (Å²) in [6.45, 7) is 5.47. The van der Waals surface area contributed by atoms with Crippen LogP contribution in [0.2, 0.25) is 0 Å². The predicted molar refractivity (Wildman–Crippen MR) is 79.6 cm³/mol. The van der Waals surface area contributed by atoms with Gasteiger partial charge in [-0.1, -0.05) is 20.3 Å². The van der Waals surface area contributed by atoms with E-state index in [1.165, 1.54) is 6.42 Å². The minimum atomic E-state index is -3.10. The molecule has 1 fully saturated rings. The van der Waals surface area contributed by atoms with Gasteiger partial charge in [0.1, 0.15) is 0 Å². The zero-order chi connectivity index (χ0) is 13.6. The third-order valence-electron chi connectivity index (χ3n) is 3.45. The zero-order valence-corrected chi connectivity index (χ0v) is 13.3. The van der Waals surface area contributed by atoms with Crippen LogP contribution in [0.15, 0.2) is 0 Å².